The van der Waals surface area contributed by atoms with Crippen molar-refractivity contribution in [3.8, 4) is 17.6 Å². The van der Waals surface area contributed by atoms with Crippen LogP contribution < -0.4 is 5.32 Å². The van der Waals surface area contributed by atoms with Crippen LogP contribution in [0.4, 0.5) is 5.69 Å². The van der Waals surface area contributed by atoms with Crippen molar-refractivity contribution in [3.63, 3.8) is 0 Å². The average Bonchev–Trinajstić information content (AvgIpc) is 3.02. The van der Waals surface area contributed by atoms with Gasteiger partial charge in [-0.15, -0.1) is 0 Å². The third-order valence-electron chi connectivity index (χ3n) is 4.20. The van der Waals surface area contributed by atoms with Crippen molar-refractivity contribution in [3.05, 3.63) is 60.0 Å². The molecule has 6 nitrogen and oxygen atoms in total. The molecule has 1 N–H and O–H groups in total. The van der Waals surface area contributed by atoms with E-state index in [4.69, 9.17) is 14.2 Å². The summed E-state index contributed by atoms with van der Waals surface area (Å²) in [5.41, 5.74) is 1.03. The molecule has 0 bridgehead atoms. The summed E-state index contributed by atoms with van der Waals surface area (Å²) in [6, 6.07) is 14.2. The lowest BCUT2D eigenvalue weighted by atomic mass is 10.0. The number of nitriles is 1. The Morgan fingerprint density at radius 2 is 2.08 bits per heavy atom. The Balaban J connectivity index is 1.57. The number of furan rings is 1. The van der Waals surface area contributed by atoms with Crippen LogP contribution in [-0.4, -0.2) is 11.1 Å². The molecule has 1 aliphatic carbocycles. The summed E-state index contributed by atoms with van der Waals surface area (Å²) in [5, 5.41) is 15.9. The molecule has 0 unspecified atom stereocenters. The molecule has 2 heterocycles. The summed E-state index contributed by atoms with van der Waals surface area (Å²) in [6.07, 6.45) is 2.97. The minimum atomic E-state index is -0.670. The zero-order valence-electron chi connectivity index (χ0n) is 12.7. The molecule has 24 heavy (non-hydrogen) atoms. The molecule has 0 spiro atoms. The van der Waals surface area contributed by atoms with Crippen LogP contribution in [0.2, 0.25) is 0 Å². The Kier molecular flexibility index (Phi) is 3.21. The molecule has 0 aliphatic heterocycles. The summed E-state index contributed by atoms with van der Waals surface area (Å²) in [5.74, 6) is 0.934. The van der Waals surface area contributed by atoms with E-state index in [0.717, 1.165) is 0 Å². The van der Waals surface area contributed by atoms with Gasteiger partial charge in [0.25, 0.3) is 0 Å². The van der Waals surface area contributed by atoms with Gasteiger partial charge in [-0.05, 0) is 43.2 Å². The van der Waals surface area contributed by atoms with Gasteiger partial charge in [-0.3, -0.25) is 4.79 Å². The lowest BCUT2D eigenvalue weighted by Crippen LogP contribution is -2.28. The van der Waals surface area contributed by atoms with Gasteiger partial charge in [0.2, 0.25) is 11.7 Å². The highest BCUT2D eigenvalue weighted by molar-refractivity contribution is 6.01. The zero-order valence-corrected chi connectivity index (χ0v) is 12.7. The smallest absolute Gasteiger partial charge is 0.236 e. The maximum absolute atomic E-state index is 12.7. The van der Waals surface area contributed by atoms with Crippen LogP contribution in [0.25, 0.3) is 11.5 Å². The number of benzene rings is 1. The molecule has 1 amide bonds. The molecule has 0 atom stereocenters. The van der Waals surface area contributed by atoms with Gasteiger partial charge in [-0.1, -0.05) is 11.2 Å². The molecule has 0 saturated heterocycles. The summed E-state index contributed by atoms with van der Waals surface area (Å²) < 4.78 is 10.6. The number of hydrogen-bond acceptors (Lipinski definition) is 5. The van der Waals surface area contributed by atoms with Gasteiger partial charge in [0.05, 0.1) is 29.0 Å². The van der Waals surface area contributed by atoms with Gasteiger partial charge in [-0.2, -0.15) is 5.26 Å². The quantitative estimate of drug-likeness (QED) is 0.795. The number of carbonyl (C=O) groups is 1. The first-order valence-corrected chi connectivity index (χ1v) is 7.54. The second kappa shape index (κ2) is 5.39. The molecule has 2 aromatic heterocycles. The van der Waals surface area contributed by atoms with Crippen LogP contribution >= 0.6 is 0 Å². The maximum atomic E-state index is 12.7. The highest BCUT2D eigenvalue weighted by Gasteiger charge is 2.54. The molecule has 1 aliphatic rings. The standard InChI is InChI=1S/C18H13N3O3/c19-11-12-3-1-4-13(9-12)20-17(22)18(6-7-18)16-10-15(24-21-16)14-5-2-8-23-14/h1-5,8-10H,6-7H2,(H,20,22). The minimum Gasteiger partial charge on any atom is -0.461 e. The van der Waals surface area contributed by atoms with Crippen molar-refractivity contribution >= 4 is 11.6 Å². The minimum absolute atomic E-state index is 0.142. The van der Waals surface area contributed by atoms with Crippen LogP contribution in [0.3, 0.4) is 0 Å². The zero-order chi connectivity index (χ0) is 16.6. The number of aromatic nitrogens is 1. The predicted molar refractivity (Wildman–Crippen MR) is 84.9 cm³/mol. The molecule has 118 valence electrons. The van der Waals surface area contributed by atoms with Crippen molar-refractivity contribution in [2.75, 3.05) is 5.32 Å². The molecule has 6 heteroatoms. The largest absolute Gasteiger partial charge is 0.461 e. The summed E-state index contributed by atoms with van der Waals surface area (Å²) in [6.45, 7) is 0. The Bertz CT molecular complexity index is 931. The predicted octanol–water partition coefficient (Wildman–Crippen LogP) is 3.48. The van der Waals surface area contributed by atoms with E-state index in [2.05, 4.69) is 16.5 Å². The number of amides is 1. The molecule has 3 aromatic rings. The van der Waals surface area contributed by atoms with Crippen LogP contribution in [0.15, 0.2) is 57.7 Å². The van der Waals surface area contributed by atoms with E-state index in [1.54, 1.807) is 48.7 Å². The van der Waals surface area contributed by atoms with E-state index in [1.165, 1.54) is 0 Å². The maximum Gasteiger partial charge on any atom is 0.236 e. The first-order chi connectivity index (χ1) is 11.7. The van der Waals surface area contributed by atoms with Crippen LogP contribution in [0, 0.1) is 11.3 Å². The van der Waals surface area contributed by atoms with Gasteiger partial charge in [0, 0.05) is 11.8 Å². The Labute approximate surface area is 137 Å². The molecule has 1 aromatic carbocycles. The third kappa shape index (κ3) is 2.36. The van der Waals surface area contributed by atoms with E-state index < -0.39 is 5.41 Å². The molecular weight excluding hydrogens is 306 g/mol. The van der Waals surface area contributed by atoms with E-state index in [1.807, 2.05) is 0 Å². The van der Waals surface area contributed by atoms with Crippen LogP contribution in [0.1, 0.15) is 24.1 Å². The number of nitrogens with zero attached hydrogens (tertiary/aromatic N) is 2. The van der Waals surface area contributed by atoms with Gasteiger partial charge in [0.15, 0.2) is 5.76 Å². The van der Waals surface area contributed by atoms with E-state index in [0.29, 0.717) is 41.3 Å². The van der Waals surface area contributed by atoms with E-state index in [-0.39, 0.29) is 5.91 Å². The topological polar surface area (TPSA) is 92.1 Å². The second-order valence-corrected chi connectivity index (χ2v) is 5.78. The van der Waals surface area contributed by atoms with E-state index >= 15 is 0 Å². The van der Waals surface area contributed by atoms with Crippen LogP contribution in [-0.2, 0) is 10.2 Å². The van der Waals surface area contributed by atoms with Gasteiger partial charge in [-0.25, -0.2) is 0 Å². The fourth-order valence-electron chi connectivity index (χ4n) is 2.68. The molecule has 4 rings (SSSR count). The van der Waals surface area contributed by atoms with Crippen molar-refractivity contribution in [2.24, 2.45) is 0 Å². The van der Waals surface area contributed by atoms with Gasteiger partial charge < -0.3 is 14.3 Å². The SMILES string of the molecule is N#Cc1cccc(NC(=O)C2(c3cc(-c4ccco4)on3)CC2)c1. The Morgan fingerprint density at radius 3 is 2.79 bits per heavy atom. The van der Waals surface area contributed by atoms with Gasteiger partial charge in [0.1, 0.15) is 0 Å². The van der Waals surface area contributed by atoms with Crippen molar-refractivity contribution < 1.29 is 13.7 Å². The first-order valence-electron chi connectivity index (χ1n) is 7.54. The molecule has 1 saturated carbocycles. The fourth-order valence-corrected chi connectivity index (χ4v) is 2.68. The summed E-state index contributed by atoms with van der Waals surface area (Å²) in [4.78, 5) is 12.7. The Hall–Kier alpha value is -3.33. The summed E-state index contributed by atoms with van der Waals surface area (Å²) in [7, 11) is 0. The van der Waals surface area contributed by atoms with E-state index in [9.17, 15) is 4.79 Å². The van der Waals surface area contributed by atoms with Crippen molar-refractivity contribution in [1.82, 2.24) is 5.16 Å². The Morgan fingerprint density at radius 1 is 1.21 bits per heavy atom. The van der Waals surface area contributed by atoms with Crippen molar-refractivity contribution in [2.45, 2.75) is 18.3 Å². The second-order valence-electron chi connectivity index (χ2n) is 5.78. The molecular formula is C18H13N3O3. The highest BCUT2D eigenvalue weighted by atomic mass is 16.5. The number of anilines is 1. The normalized spacial score (nSPS) is 14.8. The lowest BCUT2D eigenvalue weighted by Gasteiger charge is -2.12. The fraction of sp³-hybridized carbons (Fsp3) is 0.167. The third-order valence-corrected chi connectivity index (χ3v) is 4.20. The molecule has 0 radical (unpaired) electrons. The number of carbonyl (C=O) groups excluding carboxylic acids is 1. The number of rotatable bonds is 4. The number of nitrogens with one attached hydrogen (secondary N) is 1. The van der Waals surface area contributed by atoms with Gasteiger partial charge >= 0.3 is 0 Å². The monoisotopic (exact) mass is 319 g/mol. The van der Waals surface area contributed by atoms with Crippen LogP contribution in [0.5, 0.6) is 0 Å². The van der Waals surface area contributed by atoms with Crippen molar-refractivity contribution in [1.29, 1.82) is 5.26 Å². The number of hydrogen-bond donors (Lipinski definition) is 1. The highest BCUT2D eigenvalue weighted by Crippen LogP contribution is 2.49. The lowest BCUT2D eigenvalue weighted by molar-refractivity contribution is -0.118. The molecule has 1 fully saturated rings. The summed E-state index contributed by atoms with van der Waals surface area (Å²) >= 11 is 0. The average molecular weight is 319 g/mol. The first kappa shape index (κ1) is 14.3.